The quantitative estimate of drug-likeness (QED) is 0.850. The van der Waals surface area contributed by atoms with Crippen molar-refractivity contribution in [2.45, 2.75) is 44.2 Å². The molecule has 2 fully saturated rings. The molecule has 0 radical (unpaired) electrons. The van der Waals surface area contributed by atoms with Gasteiger partial charge in [-0.2, -0.15) is 0 Å². The van der Waals surface area contributed by atoms with Crippen molar-refractivity contribution in [1.82, 2.24) is 10.6 Å². The van der Waals surface area contributed by atoms with Gasteiger partial charge in [0.05, 0.1) is 0 Å². The molecule has 1 unspecified atom stereocenters. The Labute approximate surface area is 108 Å². The Kier molecular flexibility index (Phi) is 3.08. The van der Waals surface area contributed by atoms with Gasteiger partial charge in [-0.3, -0.25) is 4.79 Å². The molecule has 2 N–H and O–H groups in total. The Morgan fingerprint density at radius 3 is 2.78 bits per heavy atom. The normalized spacial score (nSPS) is 30.9. The van der Waals surface area contributed by atoms with Crippen LogP contribution in [0.2, 0.25) is 0 Å². The van der Waals surface area contributed by atoms with E-state index in [9.17, 15) is 4.79 Å². The zero-order chi connectivity index (χ0) is 12.5. The largest absolute Gasteiger partial charge is 0.354 e. The first-order chi connectivity index (χ1) is 8.70. The number of aryl methyl sites for hydroxylation is 1. The molecular weight excluding hydrogens is 224 g/mol. The van der Waals surface area contributed by atoms with Crippen LogP contribution in [0.25, 0.3) is 0 Å². The highest BCUT2D eigenvalue weighted by Gasteiger charge is 2.33. The first kappa shape index (κ1) is 11.7. The van der Waals surface area contributed by atoms with Crippen molar-refractivity contribution in [2.24, 2.45) is 0 Å². The fraction of sp³-hybridized carbons (Fsp3) is 0.533. The van der Waals surface area contributed by atoms with Gasteiger partial charge < -0.3 is 10.6 Å². The third-order valence-corrected chi connectivity index (χ3v) is 4.10. The van der Waals surface area contributed by atoms with Gasteiger partial charge in [-0.05, 0) is 31.2 Å². The van der Waals surface area contributed by atoms with Gasteiger partial charge in [0.1, 0.15) is 0 Å². The molecule has 1 heterocycles. The number of carbonyl (C=O) groups is 1. The average molecular weight is 244 g/mol. The molecule has 0 aromatic heterocycles. The lowest BCUT2D eigenvalue weighted by Gasteiger charge is -2.38. The van der Waals surface area contributed by atoms with E-state index in [1.54, 1.807) is 0 Å². The predicted octanol–water partition coefficient (Wildman–Crippen LogP) is 1.72. The van der Waals surface area contributed by atoms with Gasteiger partial charge in [-0.25, -0.2) is 0 Å². The predicted molar refractivity (Wildman–Crippen MR) is 71.5 cm³/mol. The Morgan fingerprint density at radius 1 is 1.28 bits per heavy atom. The van der Waals surface area contributed by atoms with Crippen LogP contribution in [0.3, 0.4) is 0 Å². The van der Waals surface area contributed by atoms with Crippen LogP contribution in [0, 0.1) is 6.92 Å². The highest BCUT2D eigenvalue weighted by molar-refractivity contribution is 5.78. The van der Waals surface area contributed by atoms with E-state index in [2.05, 4.69) is 41.8 Å². The number of rotatable bonds is 3. The summed E-state index contributed by atoms with van der Waals surface area (Å²) in [4.78, 5) is 11.1. The number of amides is 1. The summed E-state index contributed by atoms with van der Waals surface area (Å²) in [7, 11) is 0. The van der Waals surface area contributed by atoms with Gasteiger partial charge in [-0.1, -0.05) is 29.8 Å². The Morgan fingerprint density at radius 2 is 2.11 bits per heavy atom. The average Bonchev–Trinajstić information content (AvgIpc) is 2.69. The third-order valence-electron chi connectivity index (χ3n) is 4.10. The zero-order valence-corrected chi connectivity index (χ0v) is 10.8. The Balaban J connectivity index is 1.50. The second kappa shape index (κ2) is 4.73. The smallest absolute Gasteiger partial charge is 0.221 e. The second-order valence-corrected chi connectivity index (χ2v) is 5.65. The molecule has 0 bridgehead atoms. The van der Waals surface area contributed by atoms with E-state index in [-0.39, 0.29) is 5.91 Å². The topological polar surface area (TPSA) is 41.1 Å². The number of hydrogen-bond acceptors (Lipinski definition) is 2. The van der Waals surface area contributed by atoms with Gasteiger partial charge in [-0.15, -0.1) is 0 Å². The van der Waals surface area contributed by atoms with Crippen molar-refractivity contribution < 1.29 is 4.79 Å². The van der Waals surface area contributed by atoms with Crippen LogP contribution in [0.1, 0.15) is 36.3 Å². The van der Waals surface area contributed by atoms with Crippen LogP contribution in [0.15, 0.2) is 24.3 Å². The lowest BCUT2D eigenvalue weighted by Crippen LogP contribution is -2.46. The second-order valence-electron chi connectivity index (χ2n) is 5.65. The van der Waals surface area contributed by atoms with Crippen LogP contribution < -0.4 is 10.6 Å². The van der Waals surface area contributed by atoms with Gasteiger partial charge in [0.15, 0.2) is 0 Å². The minimum atomic E-state index is 0.182. The lowest BCUT2D eigenvalue weighted by molar-refractivity contribution is -0.119. The van der Waals surface area contributed by atoms with E-state index in [4.69, 9.17) is 0 Å². The Hall–Kier alpha value is -1.35. The summed E-state index contributed by atoms with van der Waals surface area (Å²) in [5, 5.41) is 6.45. The van der Waals surface area contributed by atoms with E-state index < -0.39 is 0 Å². The molecule has 1 saturated carbocycles. The number of hydrogen-bond donors (Lipinski definition) is 2. The molecule has 96 valence electrons. The van der Waals surface area contributed by atoms with Crippen LogP contribution in [-0.2, 0) is 4.79 Å². The Bertz CT molecular complexity index is 452. The standard InChI is InChI=1S/C15H20N2O/c1-10-3-2-4-11(5-10)12-6-13(7-12)17-14-8-15(18)16-9-14/h2-5,12-14,17H,6-9H2,1H3,(H,16,18). The summed E-state index contributed by atoms with van der Waals surface area (Å²) >= 11 is 0. The summed E-state index contributed by atoms with van der Waals surface area (Å²) in [5.41, 5.74) is 2.81. The molecule has 1 aromatic carbocycles. The monoisotopic (exact) mass is 244 g/mol. The summed E-state index contributed by atoms with van der Waals surface area (Å²) in [6.45, 7) is 2.94. The fourth-order valence-electron chi connectivity index (χ4n) is 3.01. The van der Waals surface area contributed by atoms with Gasteiger partial charge in [0.2, 0.25) is 5.91 Å². The van der Waals surface area contributed by atoms with Crippen LogP contribution in [0.4, 0.5) is 0 Å². The minimum Gasteiger partial charge on any atom is -0.354 e. The summed E-state index contributed by atoms with van der Waals surface area (Å²) in [6.07, 6.45) is 3.05. The molecule has 3 rings (SSSR count). The molecule has 3 heteroatoms. The van der Waals surface area contributed by atoms with Crippen molar-refractivity contribution in [1.29, 1.82) is 0 Å². The van der Waals surface area contributed by atoms with Crippen molar-refractivity contribution >= 4 is 5.91 Å². The van der Waals surface area contributed by atoms with E-state index in [0.717, 1.165) is 6.54 Å². The van der Waals surface area contributed by atoms with E-state index in [0.29, 0.717) is 24.4 Å². The molecule has 2 aliphatic rings. The van der Waals surface area contributed by atoms with Crippen LogP contribution in [-0.4, -0.2) is 24.5 Å². The molecule has 1 atom stereocenters. The van der Waals surface area contributed by atoms with Gasteiger partial charge >= 0.3 is 0 Å². The minimum absolute atomic E-state index is 0.182. The zero-order valence-electron chi connectivity index (χ0n) is 10.8. The van der Waals surface area contributed by atoms with Crippen molar-refractivity contribution in [2.75, 3.05) is 6.54 Å². The van der Waals surface area contributed by atoms with Gasteiger partial charge in [0.25, 0.3) is 0 Å². The lowest BCUT2D eigenvalue weighted by atomic mass is 9.75. The molecule has 1 aromatic rings. The van der Waals surface area contributed by atoms with Crippen LogP contribution in [0.5, 0.6) is 0 Å². The van der Waals surface area contributed by atoms with Crippen molar-refractivity contribution in [3.05, 3.63) is 35.4 Å². The van der Waals surface area contributed by atoms with Crippen LogP contribution >= 0.6 is 0 Å². The van der Waals surface area contributed by atoms with Gasteiger partial charge in [0, 0.05) is 25.0 Å². The highest BCUT2D eigenvalue weighted by atomic mass is 16.1. The van der Waals surface area contributed by atoms with E-state index in [1.807, 2.05) is 0 Å². The molecular formula is C15H20N2O. The molecule has 3 nitrogen and oxygen atoms in total. The highest BCUT2D eigenvalue weighted by Crippen LogP contribution is 2.37. The van der Waals surface area contributed by atoms with Crippen molar-refractivity contribution in [3.8, 4) is 0 Å². The number of benzene rings is 1. The maximum Gasteiger partial charge on any atom is 0.221 e. The maximum absolute atomic E-state index is 11.1. The fourth-order valence-corrected chi connectivity index (χ4v) is 3.01. The molecule has 1 amide bonds. The first-order valence-corrected chi connectivity index (χ1v) is 6.80. The van der Waals surface area contributed by atoms with E-state index in [1.165, 1.54) is 24.0 Å². The molecule has 18 heavy (non-hydrogen) atoms. The molecule has 1 saturated heterocycles. The van der Waals surface area contributed by atoms with Crippen molar-refractivity contribution in [3.63, 3.8) is 0 Å². The maximum atomic E-state index is 11.1. The SMILES string of the molecule is Cc1cccc(C2CC(NC3CNC(=O)C3)C2)c1. The summed E-state index contributed by atoms with van der Waals surface area (Å²) in [5.74, 6) is 0.884. The summed E-state index contributed by atoms with van der Waals surface area (Å²) < 4.78 is 0. The molecule has 1 aliphatic carbocycles. The molecule has 1 aliphatic heterocycles. The first-order valence-electron chi connectivity index (χ1n) is 6.80. The number of carbonyl (C=O) groups excluding carboxylic acids is 1. The number of nitrogens with one attached hydrogen (secondary N) is 2. The van der Waals surface area contributed by atoms with E-state index >= 15 is 0 Å². The third kappa shape index (κ3) is 2.41. The molecule has 0 spiro atoms. The summed E-state index contributed by atoms with van der Waals surface area (Å²) in [6, 6.07) is 9.75.